The molecule has 116 valence electrons. The molecule has 0 fully saturated rings. The van der Waals surface area contributed by atoms with E-state index < -0.39 is 0 Å². The Morgan fingerprint density at radius 3 is 2.45 bits per heavy atom. The van der Waals surface area contributed by atoms with E-state index in [1.807, 2.05) is 62.4 Å². The Balaban J connectivity index is 1.62. The Labute approximate surface area is 131 Å². The van der Waals surface area contributed by atoms with Crippen molar-refractivity contribution in [3.63, 3.8) is 0 Å². The fourth-order valence-electron chi connectivity index (χ4n) is 1.90. The number of amides is 1. The molecule has 0 saturated heterocycles. The fourth-order valence-corrected chi connectivity index (χ4v) is 1.90. The smallest absolute Gasteiger partial charge is 0.258 e. The summed E-state index contributed by atoms with van der Waals surface area (Å²) < 4.78 is 11.0. The summed E-state index contributed by atoms with van der Waals surface area (Å²) in [5.74, 6) is 1.34. The van der Waals surface area contributed by atoms with E-state index in [4.69, 9.17) is 9.47 Å². The average Bonchev–Trinajstić information content (AvgIpc) is 2.51. The zero-order valence-corrected chi connectivity index (χ0v) is 13.0. The van der Waals surface area contributed by atoms with Crippen LogP contribution in [-0.2, 0) is 4.79 Å². The van der Waals surface area contributed by atoms with Gasteiger partial charge in [0.15, 0.2) is 6.61 Å². The van der Waals surface area contributed by atoms with Crippen molar-refractivity contribution in [1.82, 2.24) is 5.32 Å². The molecule has 2 aromatic carbocycles. The zero-order valence-electron chi connectivity index (χ0n) is 13.0. The van der Waals surface area contributed by atoms with Gasteiger partial charge >= 0.3 is 0 Å². The van der Waals surface area contributed by atoms with Gasteiger partial charge in [-0.05, 0) is 43.7 Å². The van der Waals surface area contributed by atoms with Gasteiger partial charge in [0, 0.05) is 0 Å². The van der Waals surface area contributed by atoms with Gasteiger partial charge in [0.2, 0.25) is 0 Å². The topological polar surface area (TPSA) is 47.6 Å². The highest BCUT2D eigenvalue weighted by molar-refractivity contribution is 5.77. The summed E-state index contributed by atoms with van der Waals surface area (Å²) in [5.41, 5.74) is 2.29. The Bertz CT molecular complexity index is 608. The molecule has 0 atom stereocenters. The van der Waals surface area contributed by atoms with Crippen molar-refractivity contribution >= 4 is 5.91 Å². The highest BCUT2D eigenvalue weighted by Gasteiger charge is 2.02. The second-order valence-corrected chi connectivity index (χ2v) is 5.12. The van der Waals surface area contributed by atoms with Crippen molar-refractivity contribution in [2.45, 2.75) is 13.8 Å². The second kappa shape index (κ2) is 8.08. The van der Waals surface area contributed by atoms with Gasteiger partial charge in [-0.1, -0.05) is 29.8 Å². The highest BCUT2D eigenvalue weighted by atomic mass is 16.5. The van der Waals surface area contributed by atoms with E-state index in [0.29, 0.717) is 18.9 Å². The molecule has 0 aromatic heterocycles. The molecule has 0 spiro atoms. The highest BCUT2D eigenvalue weighted by Crippen LogP contribution is 2.12. The first-order chi connectivity index (χ1) is 10.6. The van der Waals surface area contributed by atoms with Crippen LogP contribution >= 0.6 is 0 Å². The standard InChI is InChI=1S/C18H21NO3/c1-14-6-8-16(9-7-14)21-11-10-19-18(20)13-22-17-5-3-4-15(2)12-17/h3-9,12H,10-11,13H2,1-2H3,(H,19,20). The van der Waals surface area contributed by atoms with Gasteiger partial charge < -0.3 is 14.8 Å². The van der Waals surface area contributed by atoms with Crippen molar-refractivity contribution in [3.05, 3.63) is 59.7 Å². The summed E-state index contributed by atoms with van der Waals surface area (Å²) in [6, 6.07) is 15.4. The Kier molecular flexibility index (Phi) is 5.83. The van der Waals surface area contributed by atoms with Crippen molar-refractivity contribution in [2.75, 3.05) is 19.8 Å². The van der Waals surface area contributed by atoms with Gasteiger partial charge in [0.05, 0.1) is 6.54 Å². The molecule has 0 radical (unpaired) electrons. The van der Waals surface area contributed by atoms with Gasteiger partial charge in [0.1, 0.15) is 18.1 Å². The lowest BCUT2D eigenvalue weighted by Crippen LogP contribution is -2.32. The van der Waals surface area contributed by atoms with Crippen LogP contribution in [0.3, 0.4) is 0 Å². The van der Waals surface area contributed by atoms with Crippen molar-refractivity contribution < 1.29 is 14.3 Å². The second-order valence-electron chi connectivity index (χ2n) is 5.12. The first-order valence-corrected chi connectivity index (χ1v) is 7.29. The van der Waals surface area contributed by atoms with E-state index in [9.17, 15) is 4.79 Å². The molecule has 0 aliphatic carbocycles. The monoisotopic (exact) mass is 299 g/mol. The van der Waals surface area contributed by atoms with Gasteiger partial charge in [-0.2, -0.15) is 0 Å². The van der Waals surface area contributed by atoms with Gasteiger partial charge in [-0.3, -0.25) is 4.79 Å². The third kappa shape index (κ3) is 5.48. The van der Waals surface area contributed by atoms with Crippen molar-refractivity contribution in [1.29, 1.82) is 0 Å². The number of ether oxygens (including phenoxy) is 2. The summed E-state index contributed by atoms with van der Waals surface area (Å²) >= 11 is 0. The maximum absolute atomic E-state index is 11.7. The largest absolute Gasteiger partial charge is 0.492 e. The number of hydrogen-bond acceptors (Lipinski definition) is 3. The molecule has 2 aromatic rings. The van der Waals surface area contributed by atoms with Crippen LogP contribution in [0.5, 0.6) is 11.5 Å². The molecule has 1 amide bonds. The number of aryl methyl sites for hydroxylation is 2. The van der Waals surface area contributed by atoms with Gasteiger partial charge in [-0.25, -0.2) is 0 Å². The quantitative estimate of drug-likeness (QED) is 0.800. The summed E-state index contributed by atoms with van der Waals surface area (Å²) in [6.45, 7) is 4.89. The molecule has 0 aliphatic rings. The lowest BCUT2D eigenvalue weighted by molar-refractivity contribution is -0.123. The van der Waals surface area contributed by atoms with Crippen molar-refractivity contribution in [2.24, 2.45) is 0 Å². The van der Waals surface area contributed by atoms with E-state index in [2.05, 4.69) is 5.32 Å². The SMILES string of the molecule is Cc1ccc(OCCNC(=O)COc2cccc(C)c2)cc1. The molecule has 2 rings (SSSR count). The lowest BCUT2D eigenvalue weighted by atomic mass is 10.2. The average molecular weight is 299 g/mol. The van der Waals surface area contributed by atoms with Crippen LogP contribution in [0.25, 0.3) is 0 Å². The van der Waals surface area contributed by atoms with Crippen LogP contribution in [0.2, 0.25) is 0 Å². The minimum atomic E-state index is -0.158. The number of carbonyl (C=O) groups is 1. The minimum absolute atomic E-state index is 0.00792. The molecule has 4 heteroatoms. The molecule has 22 heavy (non-hydrogen) atoms. The molecular weight excluding hydrogens is 278 g/mol. The lowest BCUT2D eigenvalue weighted by Gasteiger charge is -2.09. The maximum atomic E-state index is 11.7. The van der Waals surface area contributed by atoms with Crippen molar-refractivity contribution in [3.8, 4) is 11.5 Å². The Morgan fingerprint density at radius 2 is 1.73 bits per heavy atom. The fraction of sp³-hybridized carbons (Fsp3) is 0.278. The normalized spacial score (nSPS) is 10.1. The first kappa shape index (κ1) is 15.9. The third-order valence-corrected chi connectivity index (χ3v) is 3.07. The van der Waals surface area contributed by atoms with Crippen LogP contribution in [-0.4, -0.2) is 25.7 Å². The summed E-state index contributed by atoms with van der Waals surface area (Å²) in [4.78, 5) is 11.7. The van der Waals surface area contributed by atoms with Crippen LogP contribution in [0.15, 0.2) is 48.5 Å². The van der Waals surface area contributed by atoms with E-state index in [0.717, 1.165) is 11.3 Å². The van der Waals surface area contributed by atoms with E-state index in [1.165, 1.54) is 5.56 Å². The maximum Gasteiger partial charge on any atom is 0.258 e. The molecular formula is C18H21NO3. The van der Waals surface area contributed by atoms with Crippen LogP contribution in [0.4, 0.5) is 0 Å². The first-order valence-electron chi connectivity index (χ1n) is 7.29. The summed E-state index contributed by atoms with van der Waals surface area (Å²) in [5, 5.41) is 2.76. The van der Waals surface area contributed by atoms with Crippen LogP contribution in [0, 0.1) is 13.8 Å². The Hall–Kier alpha value is -2.49. The number of nitrogens with one attached hydrogen (secondary N) is 1. The number of carbonyl (C=O) groups excluding carboxylic acids is 1. The predicted octanol–water partition coefficient (Wildman–Crippen LogP) is 2.88. The van der Waals surface area contributed by atoms with Gasteiger partial charge in [0.25, 0.3) is 5.91 Å². The third-order valence-electron chi connectivity index (χ3n) is 3.07. The van der Waals surface area contributed by atoms with E-state index >= 15 is 0 Å². The van der Waals surface area contributed by atoms with E-state index in [1.54, 1.807) is 0 Å². The minimum Gasteiger partial charge on any atom is -0.492 e. The van der Waals surface area contributed by atoms with Crippen LogP contribution < -0.4 is 14.8 Å². The molecule has 0 unspecified atom stereocenters. The molecule has 1 N–H and O–H groups in total. The number of hydrogen-bond donors (Lipinski definition) is 1. The Morgan fingerprint density at radius 1 is 0.955 bits per heavy atom. The van der Waals surface area contributed by atoms with Crippen LogP contribution in [0.1, 0.15) is 11.1 Å². The number of rotatable bonds is 7. The molecule has 0 aliphatic heterocycles. The zero-order chi connectivity index (χ0) is 15.8. The predicted molar refractivity (Wildman–Crippen MR) is 86.4 cm³/mol. The van der Waals surface area contributed by atoms with E-state index in [-0.39, 0.29) is 12.5 Å². The van der Waals surface area contributed by atoms with Gasteiger partial charge in [-0.15, -0.1) is 0 Å². The summed E-state index contributed by atoms with van der Waals surface area (Å²) in [7, 11) is 0. The number of benzene rings is 2. The molecule has 0 bridgehead atoms. The summed E-state index contributed by atoms with van der Waals surface area (Å²) in [6.07, 6.45) is 0. The molecule has 0 heterocycles. The molecule has 4 nitrogen and oxygen atoms in total. The molecule has 0 saturated carbocycles.